The number of aliphatic hydroxyl groups is 1. The molecule has 1 N–H and O–H groups in total. The van der Waals surface area contributed by atoms with E-state index < -0.39 is 0 Å². The van der Waals surface area contributed by atoms with Crippen LogP contribution in [-0.2, 0) is 6.61 Å². The summed E-state index contributed by atoms with van der Waals surface area (Å²) < 4.78 is 5.44. The van der Waals surface area contributed by atoms with Gasteiger partial charge in [-0.2, -0.15) is 0 Å². The maximum absolute atomic E-state index is 8.89. The van der Waals surface area contributed by atoms with Crippen LogP contribution in [0.5, 0.6) is 5.88 Å². The highest BCUT2D eigenvalue weighted by atomic mass is 16.5. The van der Waals surface area contributed by atoms with Crippen molar-refractivity contribution in [1.29, 1.82) is 0 Å². The van der Waals surface area contributed by atoms with Crippen molar-refractivity contribution in [3.05, 3.63) is 23.9 Å². The minimum Gasteiger partial charge on any atom is -0.478 e. The second kappa shape index (κ2) is 5.60. The molecule has 1 aromatic heterocycles. The van der Waals surface area contributed by atoms with E-state index >= 15 is 0 Å². The number of ether oxygens (including phenoxy) is 1. The van der Waals surface area contributed by atoms with Crippen molar-refractivity contribution in [1.82, 2.24) is 4.98 Å². The Bertz CT molecular complexity index is 274. The molecule has 0 saturated carbocycles. The predicted octanol–water partition coefficient (Wildman–Crippen LogP) is 2.00. The fourth-order valence-corrected chi connectivity index (χ4v) is 1.03. The molecule has 0 aliphatic heterocycles. The third-order valence-corrected chi connectivity index (χ3v) is 1.93. The molecular weight excluding hydrogens is 178 g/mol. The molecule has 0 spiro atoms. The molecular formula is C11H17NO2. The number of rotatable bonds is 5. The smallest absolute Gasteiger partial charge is 0.213 e. The van der Waals surface area contributed by atoms with Crippen molar-refractivity contribution >= 4 is 0 Å². The average molecular weight is 195 g/mol. The maximum atomic E-state index is 8.89. The Morgan fingerprint density at radius 1 is 1.50 bits per heavy atom. The van der Waals surface area contributed by atoms with E-state index in [1.54, 1.807) is 18.3 Å². The Hall–Kier alpha value is -1.09. The molecule has 1 aromatic rings. The summed E-state index contributed by atoms with van der Waals surface area (Å²) in [6, 6.07) is 3.54. The van der Waals surface area contributed by atoms with Crippen molar-refractivity contribution in [3.63, 3.8) is 0 Å². The van der Waals surface area contributed by atoms with E-state index in [1.165, 1.54) is 0 Å². The summed E-state index contributed by atoms with van der Waals surface area (Å²) in [4.78, 5) is 4.05. The Kier molecular flexibility index (Phi) is 4.40. The van der Waals surface area contributed by atoms with Crippen molar-refractivity contribution in [2.24, 2.45) is 5.92 Å². The minimum atomic E-state index is 0.0308. The molecule has 14 heavy (non-hydrogen) atoms. The first kappa shape index (κ1) is 11.0. The number of hydrogen-bond acceptors (Lipinski definition) is 3. The van der Waals surface area contributed by atoms with Gasteiger partial charge in [-0.1, -0.05) is 13.8 Å². The average Bonchev–Trinajstić information content (AvgIpc) is 2.18. The molecule has 0 aliphatic carbocycles. The van der Waals surface area contributed by atoms with E-state index in [0.717, 1.165) is 12.0 Å². The molecule has 0 saturated heterocycles. The zero-order valence-electron chi connectivity index (χ0n) is 8.73. The fourth-order valence-electron chi connectivity index (χ4n) is 1.03. The molecule has 1 rings (SSSR count). The van der Waals surface area contributed by atoms with Crippen LogP contribution in [0.3, 0.4) is 0 Å². The van der Waals surface area contributed by atoms with Gasteiger partial charge >= 0.3 is 0 Å². The number of aliphatic hydroxyl groups excluding tert-OH is 1. The molecule has 3 nitrogen and oxygen atoms in total. The summed E-state index contributed by atoms with van der Waals surface area (Å²) in [6.07, 6.45) is 2.67. The first-order chi connectivity index (χ1) is 6.72. The van der Waals surface area contributed by atoms with Crippen molar-refractivity contribution in [3.8, 4) is 5.88 Å². The Balaban J connectivity index is 2.42. The molecule has 0 bridgehead atoms. The topological polar surface area (TPSA) is 42.4 Å². The summed E-state index contributed by atoms with van der Waals surface area (Å²) in [7, 11) is 0. The molecule has 78 valence electrons. The van der Waals surface area contributed by atoms with E-state index in [0.29, 0.717) is 18.4 Å². The SMILES string of the molecule is CC(C)CCOc1cc(CO)ccn1. The van der Waals surface area contributed by atoms with Crippen LogP contribution in [0.25, 0.3) is 0 Å². The molecule has 0 aliphatic rings. The van der Waals surface area contributed by atoms with Gasteiger partial charge in [-0.15, -0.1) is 0 Å². The maximum Gasteiger partial charge on any atom is 0.213 e. The summed E-state index contributed by atoms with van der Waals surface area (Å²) in [5.41, 5.74) is 0.833. The fraction of sp³-hybridized carbons (Fsp3) is 0.545. The highest BCUT2D eigenvalue weighted by molar-refractivity contribution is 5.19. The summed E-state index contributed by atoms with van der Waals surface area (Å²) in [5, 5.41) is 8.89. The monoisotopic (exact) mass is 195 g/mol. The van der Waals surface area contributed by atoms with Crippen LogP contribution in [0.4, 0.5) is 0 Å². The lowest BCUT2D eigenvalue weighted by Gasteiger charge is -2.07. The van der Waals surface area contributed by atoms with Crippen LogP contribution in [0, 0.1) is 5.92 Å². The van der Waals surface area contributed by atoms with Gasteiger partial charge in [-0.25, -0.2) is 4.98 Å². The number of nitrogens with zero attached hydrogens (tertiary/aromatic N) is 1. The highest BCUT2D eigenvalue weighted by Gasteiger charge is 1.98. The second-order valence-corrected chi connectivity index (χ2v) is 3.69. The first-order valence-corrected chi connectivity index (χ1v) is 4.91. The van der Waals surface area contributed by atoms with Gasteiger partial charge in [0, 0.05) is 12.3 Å². The Labute approximate surface area is 84.7 Å². The second-order valence-electron chi connectivity index (χ2n) is 3.69. The van der Waals surface area contributed by atoms with Crippen LogP contribution in [0.2, 0.25) is 0 Å². The third-order valence-electron chi connectivity index (χ3n) is 1.93. The first-order valence-electron chi connectivity index (χ1n) is 4.91. The lowest BCUT2D eigenvalue weighted by molar-refractivity contribution is 0.270. The van der Waals surface area contributed by atoms with Crippen LogP contribution in [-0.4, -0.2) is 16.7 Å². The van der Waals surface area contributed by atoms with Crippen molar-refractivity contribution in [2.75, 3.05) is 6.61 Å². The van der Waals surface area contributed by atoms with Crippen LogP contribution in [0.15, 0.2) is 18.3 Å². The third kappa shape index (κ3) is 3.75. The molecule has 0 aromatic carbocycles. The highest BCUT2D eigenvalue weighted by Crippen LogP contribution is 2.10. The van der Waals surface area contributed by atoms with E-state index in [9.17, 15) is 0 Å². The largest absolute Gasteiger partial charge is 0.478 e. The van der Waals surface area contributed by atoms with E-state index in [1.807, 2.05) is 0 Å². The number of pyridine rings is 1. The number of aromatic nitrogens is 1. The van der Waals surface area contributed by atoms with Crippen molar-refractivity contribution < 1.29 is 9.84 Å². The molecule has 0 amide bonds. The molecule has 0 radical (unpaired) electrons. The summed E-state index contributed by atoms with van der Waals surface area (Å²) in [5.74, 6) is 1.23. The molecule has 0 fully saturated rings. The number of hydrogen-bond donors (Lipinski definition) is 1. The predicted molar refractivity (Wildman–Crippen MR) is 55.1 cm³/mol. The van der Waals surface area contributed by atoms with Gasteiger partial charge in [0.15, 0.2) is 0 Å². The minimum absolute atomic E-state index is 0.0308. The van der Waals surface area contributed by atoms with E-state index in [-0.39, 0.29) is 6.61 Å². The molecule has 0 atom stereocenters. The quantitative estimate of drug-likeness (QED) is 0.781. The van der Waals surface area contributed by atoms with Gasteiger partial charge < -0.3 is 9.84 Å². The zero-order chi connectivity index (χ0) is 10.4. The van der Waals surface area contributed by atoms with Gasteiger partial charge in [0.25, 0.3) is 0 Å². The van der Waals surface area contributed by atoms with Gasteiger partial charge in [-0.05, 0) is 24.0 Å². The van der Waals surface area contributed by atoms with E-state index in [4.69, 9.17) is 9.84 Å². The lowest BCUT2D eigenvalue weighted by atomic mass is 10.1. The molecule has 3 heteroatoms. The van der Waals surface area contributed by atoms with Gasteiger partial charge in [0.1, 0.15) is 0 Å². The van der Waals surface area contributed by atoms with E-state index in [2.05, 4.69) is 18.8 Å². The Morgan fingerprint density at radius 2 is 2.29 bits per heavy atom. The summed E-state index contributed by atoms with van der Waals surface area (Å²) in [6.45, 7) is 5.02. The lowest BCUT2D eigenvalue weighted by Crippen LogP contribution is -2.02. The van der Waals surface area contributed by atoms with Gasteiger partial charge in [0.2, 0.25) is 5.88 Å². The molecule has 1 heterocycles. The standard InChI is InChI=1S/C11H17NO2/c1-9(2)4-6-14-11-7-10(8-13)3-5-12-11/h3,5,7,9,13H,4,6,8H2,1-2H3. The zero-order valence-corrected chi connectivity index (χ0v) is 8.73. The van der Waals surface area contributed by atoms with Gasteiger partial charge in [0.05, 0.1) is 13.2 Å². The van der Waals surface area contributed by atoms with Crippen LogP contribution < -0.4 is 4.74 Å². The van der Waals surface area contributed by atoms with Crippen molar-refractivity contribution in [2.45, 2.75) is 26.9 Å². The normalized spacial score (nSPS) is 10.6. The summed E-state index contributed by atoms with van der Waals surface area (Å²) >= 11 is 0. The van der Waals surface area contributed by atoms with Gasteiger partial charge in [-0.3, -0.25) is 0 Å². The van der Waals surface area contributed by atoms with Crippen LogP contribution in [0.1, 0.15) is 25.8 Å². The Morgan fingerprint density at radius 3 is 2.93 bits per heavy atom. The molecule has 0 unspecified atom stereocenters. The van der Waals surface area contributed by atoms with Crippen LogP contribution >= 0.6 is 0 Å².